The Hall–Kier alpha value is -0.320. The van der Waals surface area contributed by atoms with E-state index in [2.05, 4.69) is 19.2 Å². The molecule has 17 heavy (non-hydrogen) atoms. The third kappa shape index (κ3) is 4.12. The first-order valence-electron chi connectivity index (χ1n) is 6.03. The van der Waals surface area contributed by atoms with Crippen LogP contribution in [0.5, 0.6) is 0 Å². The summed E-state index contributed by atoms with van der Waals surface area (Å²) in [4.78, 5) is 0. The van der Waals surface area contributed by atoms with Crippen LogP contribution in [-0.4, -0.2) is 24.9 Å². The summed E-state index contributed by atoms with van der Waals surface area (Å²) in [5.74, 6) is -3.68. The molecular weight excluding hydrogens is 234 g/mol. The van der Waals surface area contributed by atoms with Gasteiger partial charge in [-0.2, -0.15) is 8.78 Å². The van der Waals surface area contributed by atoms with Gasteiger partial charge in [0.2, 0.25) is 0 Å². The van der Waals surface area contributed by atoms with E-state index in [0.29, 0.717) is 0 Å². The van der Waals surface area contributed by atoms with Crippen molar-refractivity contribution < 1.29 is 17.6 Å². The molecule has 0 aromatic carbocycles. The molecule has 0 amide bonds. The van der Waals surface area contributed by atoms with E-state index in [-0.39, 0.29) is 17.4 Å². The SMILES string of the molecule is CC1CC(C)(C)CCC1NCC(F)(F)C(F)F. The fourth-order valence-electron chi connectivity index (χ4n) is 2.59. The summed E-state index contributed by atoms with van der Waals surface area (Å²) in [7, 11) is 0. The molecule has 2 atom stereocenters. The van der Waals surface area contributed by atoms with Gasteiger partial charge in [0.05, 0.1) is 6.54 Å². The van der Waals surface area contributed by atoms with E-state index in [9.17, 15) is 17.6 Å². The van der Waals surface area contributed by atoms with Crippen molar-refractivity contribution in [3.63, 3.8) is 0 Å². The molecule has 1 fully saturated rings. The Balaban J connectivity index is 2.44. The summed E-state index contributed by atoms with van der Waals surface area (Å²) in [6.45, 7) is 5.35. The summed E-state index contributed by atoms with van der Waals surface area (Å²) in [6.07, 6.45) is -0.946. The van der Waals surface area contributed by atoms with Crippen LogP contribution in [-0.2, 0) is 0 Å². The maximum absolute atomic E-state index is 12.8. The Bertz CT molecular complexity index is 253. The summed E-state index contributed by atoms with van der Waals surface area (Å²) in [6, 6.07) is -0.0762. The molecule has 0 aromatic rings. The zero-order chi connectivity index (χ0) is 13.3. The van der Waals surface area contributed by atoms with Crippen molar-refractivity contribution in [2.24, 2.45) is 11.3 Å². The minimum Gasteiger partial charge on any atom is -0.308 e. The fraction of sp³-hybridized carbons (Fsp3) is 1.00. The van der Waals surface area contributed by atoms with Gasteiger partial charge in [0.15, 0.2) is 0 Å². The molecule has 1 rings (SSSR count). The third-order valence-corrected chi connectivity index (χ3v) is 3.61. The van der Waals surface area contributed by atoms with Gasteiger partial charge in [-0.3, -0.25) is 0 Å². The van der Waals surface area contributed by atoms with Crippen LogP contribution in [0.1, 0.15) is 40.0 Å². The lowest BCUT2D eigenvalue weighted by Gasteiger charge is -2.40. The minimum atomic E-state index is -3.92. The van der Waals surface area contributed by atoms with Crippen molar-refractivity contribution in [2.45, 2.75) is 58.4 Å². The average molecular weight is 255 g/mol. The van der Waals surface area contributed by atoms with E-state index in [1.165, 1.54) is 0 Å². The largest absolute Gasteiger partial charge is 0.319 e. The van der Waals surface area contributed by atoms with E-state index in [4.69, 9.17) is 0 Å². The van der Waals surface area contributed by atoms with E-state index < -0.39 is 18.9 Å². The third-order valence-electron chi connectivity index (χ3n) is 3.61. The van der Waals surface area contributed by atoms with Gasteiger partial charge < -0.3 is 5.32 Å². The molecule has 5 heteroatoms. The van der Waals surface area contributed by atoms with Gasteiger partial charge in [0.1, 0.15) is 0 Å². The highest BCUT2D eigenvalue weighted by atomic mass is 19.3. The second-order valence-electron chi connectivity index (χ2n) is 5.93. The van der Waals surface area contributed by atoms with Gasteiger partial charge >= 0.3 is 12.3 Å². The lowest BCUT2D eigenvalue weighted by molar-refractivity contribution is -0.127. The molecule has 0 aliphatic heterocycles. The Labute approximate surface area is 100.0 Å². The lowest BCUT2D eigenvalue weighted by atomic mass is 9.70. The number of hydrogen-bond donors (Lipinski definition) is 1. The molecule has 0 aromatic heterocycles. The average Bonchev–Trinajstić information content (AvgIpc) is 2.14. The van der Waals surface area contributed by atoms with Crippen molar-refractivity contribution in [3.05, 3.63) is 0 Å². The Kier molecular flexibility index (Phi) is 4.44. The highest BCUT2D eigenvalue weighted by molar-refractivity contribution is 4.88. The second kappa shape index (κ2) is 5.12. The van der Waals surface area contributed by atoms with Crippen molar-refractivity contribution in [1.29, 1.82) is 0 Å². The zero-order valence-corrected chi connectivity index (χ0v) is 10.6. The topological polar surface area (TPSA) is 12.0 Å². The first-order valence-corrected chi connectivity index (χ1v) is 6.03. The highest BCUT2D eigenvalue weighted by Gasteiger charge is 2.42. The number of halogens is 4. The number of rotatable bonds is 4. The van der Waals surface area contributed by atoms with Gasteiger partial charge in [-0.05, 0) is 30.6 Å². The van der Waals surface area contributed by atoms with E-state index in [0.717, 1.165) is 19.3 Å². The van der Waals surface area contributed by atoms with E-state index in [1.807, 2.05) is 6.92 Å². The Morgan fingerprint density at radius 2 is 1.94 bits per heavy atom. The van der Waals surface area contributed by atoms with Crippen LogP contribution in [0.15, 0.2) is 0 Å². The predicted octanol–water partition coefficient (Wildman–Crippen LogP) is 3.69. The van der Waals surface area contributed by atoms with Gasteiger partial charge in [0.25, 0.3) is 0 Å². The molecule has 1 aliphatic carbocycles. The number of nitrogens with one attached hydrogen (secondary N) is 1. The maximum atomic E-state index is 12.8. The van der Waals surface area contributed by atoms with Crippen LogP contribution in [0, 0.1) is 11.3 Å². The molecular formula is C12H21F4N. The summed E-state index contributed by atoms with van der Waals surface area (Å²) in [5, 5.41) is 2.60. The van der Waals surface area contributed by atoms with Crippen LogP contribution in [0.2, 0.25) is 0 Å². The zero-order valence-electron chi connectivity index (χ0n) is 10.6. The van der Waals surface area contributed by atoms with E-state index >= 15 is 0 Å². The van der Waals surface area contributed by atoms with Gasteiger partial charge in [-0.15, -0.1) is 0 Å². The maximum Gasteiger partial charge on any atom is 0.319 e. The van der Waals surface area contributed by atoms with Crippen molar-refractivity contribution in [3.8, 4) is 0 Å². The summed E-state index contributed by atoms with van der Waals surface area (Å²) in [5.41, 5.74) is 0.225. The standard InChI is InChI=1S/C12H21F4N/c1-8-6-11(2,3)5-4-9(8)17-7-12(15,16)10(13)14/h8-10,17H,4-7H2,1-3H3. The molecule has 0 saturated heterocycles. The Morgan fingerprint density at radius 3 is 2.41 bits per heavy atom. The smallest absolute Gasteiger partial charge is 0.308 e. The number of alkyl halides is 4. The molecule has 102 valence electrons. The molecule has 0 spiro atoms. The number of hydrogen-bond acceptors (Lipinski definition) is 1. The molecule has 1 aliphatic rings. The van der Waals surface area contributed by atoms with Gasteiger partial charge in [-0.1, -0.05) is 20.8 Å². The molecule has 1 saturated carbocycles. The van der Waals surface area contributed by atoms with Crippen LogP contribution >= 0.6 is 0 Å². The monoisotopic (exact) mass is 255 g/mol. The Morgan fingerprint density at radius 1 is 1.35 bits per heavy atom. The molecule has 0 heterocycles. The molecule has 0 bridgehead atoms. The lowest BCUT2D eigenvalue weighted by Crippen LogP contribution is -2.48. The normalized spacial score (nSPS) is 29.6. The van der Waals surface area contributed by atoms with Crippen LogP contribution in [0.3, 0.4) is 0 Å². The molecule has 1 nitrogen and oxygen atoms in total. The van der Waals surface area contributed by atoms with Crippen molar-refractivity contribution >= 4 is 0 Å². The first kappa shape index (κ1) is 14.7. The van der Waals surface area contributed by atoms with Crippen LogP contribution < -0.4 is 5.32 Å². The molecule has 1 N–H and O–H groups in total. The van der Waals surface area contributed by atoms with Gasteiger partial charge in [-0.25, -0.2) is 8.78 Å². The molecule has 2 unspecified atom stereocenters. The van der Waals surface area contributed by atoms with Crippen molar-refractivity contribution in [2.75, 3.05) is 6.54 Å². The van der Waals surface area contributed by atoms with Crippen molar-refractivity contribution in [1.82, 2.24) is 5.32 Å². The summed E-state index contributed by atoms with van der Waals surface area (Å²) < 4.78 is 49.5. The van der Waals surface area contributed by atoms with Crippen LogP contribution in [0.25, 0.3) is 0 Å². The summed E-state index contributed by atoms with van der Waals surface area (Å²) >= 11 is 0. The highest BCUT2D eigenvalue weighted by Crippen LogP contribution is 2.38. The quantitative estimate of drug-likeness (QED) is 0.755. The molecule has 0 radical (unpaired) electrons. The second-order valence-corrected chi connectivity index (χ2v) is 5.93. The van der Waals surface area contributed by atoms with Crippen LogP contribution in [0.4, 0.5) is 17.6 Å². The first-order chi connectivity index (χ1) is 7.64. The van der Waals surface area contributed by atoms with Gasteiger partial charge in [0, 0.05) is 6.04 Å². The fourth-order valence-corrected chi connectivity index (χ4v) is 2.59. The predicted molar refractivity (Wildman–Crippen MR) is 59.5 cm³/mol. The van der Waals surface area contributed by atoms with E-state index in [1.54, 1.807) is 0 Å². The minimum absolute atomic E-state index is 0.0762.